The predicted octanol–water partition coefficient (Wildman–Crippen LogP) is 7.31. The lowest BCUT2D eigenvalue weighted by atomic mass is 9.93. The summed E-state index contributed by atoms with van der Waals surface area (Å²) in [6, 6.07) is 22.2. The smallest absolute Gasteiger partial charge is 0.412 e. The van der Waals surface area contributed by atoms with Crippen molar-refractivity contribution >= 4 is 17.5 Å². The van der Waals surface area contributed by atoms with Gasteiger partial charge in [0.15, 0.2) is 0 Å². The third-order valence-corrected chi connectivity index (χ3v) is 9.10. The average Bonchev–Trinajstić information content (AvgIpc) is 3.04. The van der Waals surface area contributed by atoms with Crippen LogP contribution in [0.4, 0.5) is 16.2 Å². The molecule has 0 saturated carbocycles. The van der Waals surface area contributed by atoms with Crippen LogP contribution in [0, 0.1) is 0 Å². The van der Waals surface area contributed by atoms with Gasteiger partial charge in [0.05, 0.1) is 5.69 Å². The number of ether oxygens (including phenoxy) is 1. The number of hydrogen-bond acceptors (Lipinski definition) is 6. The number of hydrogen-bond donors (Lipinski definition) is 1. The van der Waals surface area contributed by atoms with Gasteiger partial charge < -0.3 is 14.5 Å². The number of carbonyl (C=O) groups is 1. The van der Waals surface area contributed by atoms with Crippen LogP contribution >= 0.6 is 0 Å². The summed E-state index contributed by atoms with van der Waals surface area (Å²) in [6.45, 7) is 11.0. The number of amides is 1. The molecule has 2 saturated heterocycles. The number of rotatable bonds is 13. The van der Waals surface area contributed by atoms with E-state index in [2.05, 4.69) is 56.2 Å². The Balaban J connectivity index is 0.903. The maximum absolute atomic E-state index is 12.9. The molecule has 43 heavy (non-hydrogen) atoms. The highest BCUT2D eigenvalue weighted by Crippen LogP contribution is 2.30. The van der Waals surface area contributed by atoms with Crippen LogP contribution in [0.3, 0.4) is 0 Å². The number of aromatic nitrogens is 1. The lowest BCUT2D eigenvalue weighted by molar-refractivity contribution is -0.0163. The van der Waals surface area contributed by atoms with Crippen molar-refractivity contribution in [2.75, 3.05) is 62.6 Å². The number of piperazine rings is 1. The van der Waals surface area contributed by atoms with E-state index in [1.807, 2.05) is 54.9 Å². The molecule has 0 radical (unpaired) electrons. The minimum Gasteiger partial charge on any atom is -0.443 e. The molecule has 3 aromatic rings. The third kappa shape index (κ3) is 9.54. The van der Waals surface area contributed by atoms with Gasteiger partial charge in [-0.05, 0) is 69.5 Å². The van der Waals surface area contributed by atoms with Gasteiger partial charge in [-0.15, -0.1) is 0 Å². The van der Waals surface area contributed by atoms with E-state index in [-0.39, 0.29) is 6.09 Å². The molecule has 0 unspecified atom stereocenters. The number of pyridine rings is 1. The van der Waals surface area contributed by atoms with Crippen LogP contribution < -0.4 is 10.2 Å². The van der Waals surface area contributed by atoms with Crippen LogP contribution in [0.15, 0.2) is 79.1 Å². The molecular formula is C36H49N5O2. The van der Waals surface area contributed by atoms with Crippen LogP contribution in [0.5, 0.6) is 0 Å². The summed E-state index contributed by atoms with van der Waals surface area (Å²) >= 11 is 0. The molecule has 2 aliphatic heterocycles. The van der Waals surface area contributed by atoms with Crippen molar-refractivity contribution < 1.29 is 9.53 Å². The van der Waals surface area contributed by atoms with Crippen LogP contribution in [-0.2, 0) is 4.74 Å². The normalized spacial score (nSPS) is 17.5. The second-order valence-corrected chi connectivity index (χ2v) is 12.4. The first-order valence-corrected chi connectivity index (χ1v) is 16.3. The van der Waals surface area contributed by atoms with Crippen molar-refractivity contribution in [3.8, 4) is 11.1 Å². The van der Waals surface area contributed by atoms with E-state index in [0.717, 1.165) is 75.5 Å². The lowest BCUT2D eigenvalue weighted by Gasteiger charge is -2.38. The molecule has 1 amide bonds. The van der Waals surface area contributed by atoms with E-state index in [1.54, 1.807) is 0 Å². The lowest BCUT2D eigenvalue weighted by Crippen LogP contribution is -2.46. The summed E-state index contributed by atoms with van der Waals surface area (Å²) in [5, 5.41) is 3.00. The fraction of sp³-hybridized carbons (Fsp3) is 0.500. The zero-order valence-electron chi connectivity index (χ0n) is 25.9. The number of unbranched alkanes of at least 4 members (excludes halogenated alkanes) is 5. The maximum atomic E-state index is 12.9. The van der Waals surface area contributed by atoms with Gasteiger partial charge in [0, 0.05) is 62.9 Å². The summed E-state index contributed by atoms with van der Waals surface area (Å²) in [5.41, 5.74) is 3.72. The number of nitrogens with one attached hydrogen (secondary N) is 1. The van der Waals surface area contributed by atoms with E-state index < -0.39 is 5.60 Å². The number of likely N-dealkylation sites (tertiary alicyclic amines) is 1. The van der Waals surface area contributed by atoms with Crippen LogP contribution in [0.25, 0.3) is 11.1 Å². The second-order valence-electron chi connectivity index (χ2n) is 12.4. The zero-order valence-corrected chi connectivity index (χ0v) is 25.9. The Labute approximate surface area is 258 Å². The average molecular weight is 584 g/mol. The fourth-order valence-corrected chi connectivity index (χ4v) is 6.33. The van der Waals surface area contributed by atoms with Gasteiger partial charge in [0.2, 0.25) is 0 Å². The standard InChI is InChI=1S/C36H49N5O2/c1-36(43-35(42)38-34-16-10-9-15-33(34)31-13-7-6-8-14-31)19-25-39(26-20-36)23-11-4-2-3-5-12-24-40-27-29-41(30-28-40)32-17-21-37-22-18-32/h6-10,13-18,21-22H,2-5,11-12,19-20,23-30H2,1H3,(H,38,42). The number of nitrogens with zero attached hydrogens (tertiary/aromatic N) is 4. The van der Waals surface area contributed by atoms with Gasteiger partial charge in [-0.25, -0.2) is 4.79 Å². The Bertz CT molecular complexity index is 1240. The molecule has 0 spiro atoms. The number of benzene rings is 2. The molecule has 1 N–H and O–H groups in total. The summed E-state index contributed by atoms with van der Waals surface area (Å²) in [7, 11) is 0. The monoisotopic (exact) mass is 583 g/mol. The van der Waals surface area contributed by atoms with Gasteiger partial charge in [-0.2, -0.15) is 0 Å². The molecule has 7 nitrogen and oxygen atoms in total. The quantitative estimate of drug-likeness (QED) is 0.213. The van der Waals surface area contributed by atoms with Gasteiger partial charge in [-0.3, -0.25) is 15.2 Å². The Morgan fingerprint density at radius 3 is 2.00 bits per heavy atom. The largest absolute Gasteiger partial charge is 0.443 e. The van der Waals surface area contributed by atoms with Crippen LogP contribution in [0.2, 0.25) is 0 Å². The van der Waals surface area contributed by atoms with Gasteiger partial charge >= 0.3 is 6.09 Å². The van der Waals surface area contributed by atoms with Crippen molar-refractivity contribution in [2.24, 2.45) is 0 Å². The van der Waals surface area contributed by atoms with Gasteiger partial charge in [0.1, 0.15) is 5.60 Å². The molecule has 230 valence electrons. The van der Waals surface area contributed by atoms with Crippen molar-refractivity contribution in [1.82, 2.24) is 14.8 Å². The molecule has 0 aliphatic carbocycles. The topological polar surface area (TPSA) is 60.9 Å². The molecular weight excluding hydrogens is 534 g/mol. The minimum absolute atomic E-state index is 0.369. The van der Waals surface area contributed by atoms with Gasteiger partial charge in [0.25, 0.3) is 0 Å². The molecule has 0 bridgehead atoms. The molecule has 2 fully saturated rings. The van der Waals surface area contributed by atoms with E-state index in [4.69, 9.17) is 4.74 Å². The van der Waals surface area contributed by atoms with Crippen molar-refractivity contribution in [3.05, 3.63) is 79.1 Å². The highest BCUT2D eigenvalue weighted by molar-refractivity contribution is 5.91. The first-order chi connectivity index (χ1) is 21.1. The number of carbonyl (C=O) groups excluding carboxylic acids is 1. The summed E-state index contributed by atoms with van der Waals surface area (Å²) in [4.78, 5) is 24.6. The molecule has 3 heterocycles. The number of anilines is 2. The number of piperidine rings is 1. The van der Waals surface area contributed by atoms with E-state index >= 15 is 0 Å². The van der Waals surface area contributed by atoms with Crippen LogP contribution in [-0.4, -0.2) is 78.8 Å². The van der Waals surface area contributed by atoms with Gasteiger partial charge in [-0.1, -0.05) is 74.2 Å². The van der Waals surface area contributed by atoms with Crippen LogP contribution in [0.1, 0.15) is 58.3 Å². The zero-order chi connectivity index (χ0) is 29.7. The van der Waals surface area contributed by atoms with E-state index in [1.165, 1.54) is 50.8 Å². The first-order valence-electron chi connectivity index (χ1n) is 16.3. The molecule has 0 atom stereocenters. The molecule has 7 heteroatoms. The first kappa shape index (κ1) is 31.0. The van der Waals surface area contributed by atoms with Crippen molar-refractivity contribution in [3.63, 3.8) is 0 Å². The molecule has 2 aromatic carbocycles. The molecule has 1 aromatic heterocycles. The second kappa shape index (κ2) is 15.9. The Morgan fingerprint density at radius 1 is 0.744 bits per heavy atom. The molecule has 5 rings (SSSR count). The van der Waals surface area contributed by atoms with Crippen molar-refractivity contribution in [2.45, 2.75) is 63.9 Å². The predicted molar refractivity (Wildman–Crippen MR) is 177 cm³/mol. The summed E-state index contributed by atoms with van der Waals surface area (Å²) < 4.78 is 5.99. The highest BCUT2D eigenvalue weighted by atomic mass is 16.6. The Morgan fingerprint density at radius 2 is 1.33 bits per heavy atom. The van der Waals surface area contributed by atoms with E-state index in [0.29, 0.717) is 0 Å². The summed E-state index contributed by atoms with van der Waals surface area (Å²) in [6.07, 6.45) is 13.0. The molecule has 2 aliphatic rings. The summed E-state index contributed by atoms with van der Waals surface area (Å²) in [5.74, 6) is 0. The third-order valence-electron chi connectivity index (χ3n) is 9.10. The van der Waals surface area contributed by atoms with E-state index in [9.17, 15) is 4.79 Å². The SMILES string of the molecule is CC1(OC(=O)Nc2ccccc2-c2ccccc2)CCN(CCCCCCCCN2CCN(c3ccncc3)CC2)CC1. The van der Waals surface area contributed by atoms with Crippen molar-refractivity contribution in [1.29, 1.82) is 0 Å². The minimum atomic E-state index is -0.423. The highest BCUT2D eigenvalue weighted by Gasteiger charge is 2.33. The maximum Gasteiger partial charge on any atom is 0.412 e. The fourth-order valence-electron chi connectivity index (χ4n) is 6.33. The Hall–Kier alpha value is -3.42. The number of para-hydroxylation sites is 1. The Kier molecular flexibility index (Phi) is 11.5.